The molecule has 162 valence electrons. The fraction of sp³-hybridized carbons (Fsp3) is 0.231. The first-order chi connectivity index (χ1) is 15.6. The van der Waals surface area contributed by atoms with Crippen LogP contribution in [0.2, 0.25) is 5.02 Å². The summed E-state index contributed by atoms with van der Waals surface area (Å²) in [5, 5.41) is 9.56. The molecule has 32 heavy (non-hydrogen) atoms. The fourth-order valence-corrected chi connectivity index (χ4v) is 3.78. The van der Waals surface area contributed by atoms with Crippen molar-refractivity contribution in [3.63, 3.8) is 0 Å². The highest BCUT2D eigenvalue weighted by Gasteiger charge is 2.25. The fourth-order valence-electron chi connectivity index (χ4n) is 3.65. The van der Waals surface area contributed by atoms with Crippen LogP contribution in [-0.4, -0.2) is 30.0 Å². The zero-order chi connectivity index (χ0) is 22.3. The minimum atomic E-state index is 0.0233. The van der Waals surface area contributed by atoms with Crippen molar-refractivity contribution in [2.45, 2.75) is 25.6 Å². The Bertz CT molecular complexity index is 1100. The lowest BCUT2D eigenvalue weighted by Gasteiger charge is -2.32. The quantitative estimate of drug-likeness (QED) is 0.503. The minimum Gasteiger partial charge on any atom is -0.490 e. The van der Waals surface area contributed by atoms with Gasteiger partial charge in [-0.15, -0.1) is 0 Å². The highest BCUT2D eigenvalue weighted by Crippen LogP contribution is 2.22. The normalized spacial score (nSPS) is 13.9. The molecule has 4 rings (SSSR count). The van der Waals surface area contributed by atoms with Gasteiger partial charge in [0.05, 0.1) is 11.6 Å². The summed E-state index contributed by atoms with van der Waals surface area (Å²) in [6, 6.07) is 23.9. The van der Waals surface area contributed by atoms with E-state index < -0.39 is 0 Å². The molecule has 1 amide bonds. The predicted octanol–water partition coefficient (Wildman–Crippen LogP) is 5.47. The second-order valence-electron chi connectivity index (χ2n) is 7.69. The molecule has 1 saturated heterocycles. The third kappa shape index (κ3) is 5.60. The lowest BCUT2D eigenvalue weighted by Crippen LogP contribution is -2.41. The Morgan fingerprint density at radius 2 is 1.69 bits per heavy atom. The van der Waals surface area contributed by atoms with E-state index in [4.69, 9.17) is 26.3 Å². The first kappa shape index (κ1) is 21.7. The van der Waals surface area contributed by atoms with E-state index in [0.29, 0.717) is 41.6 Å². The first-order valence-corrected chi connectivity index (χ1v) is 10.9. The van der Waals surface area contributed by atoms with Crippen LogP contribution in [0.4, 0.5) is 0 Å². The third-order valence-corrected chi connectivity index (χ3v) is 5.66. The maximum Gasteiger partial charge on any atom is 0.253 e. The van der Waals surface area contributed by atoms with Gasteiger partial charge in [0.2, 0.25) is 0 Å². The summed E-state index contributed by atoms with van der Waals surface area (Å²) >= 11 is 5.92. The SMILES string of the molecule is N#Cc1ccc(OCc2cccc(C(=O)N3CCC(Oc4ccc(Cl)cc4)CC3)c2)cc1. The number of nitriles is 1. The van der Waals surface area contributed by atoms with Gasteiger partial charge in [0.1, 0.15) is 24.2 Å². The molecule has 1 heterocycles. The van der Waals surface area contributed by atoms with Crippen LogP contribution in [0.25, 0.3) is 0 Å². The summed E-state index contributed by atoms with van der Waals surface area (Å²) in [6.45, 7) is 1.66. The molecule has 0 N–H and O–H groups in total. The van der Waals surface area contributed by atoms with Gasteiger partial charge in [-0.2, -0.15) is 5.26 Å². The molecule has 0 saturated carbocycles. The van der Waals surface area contributed by atoms with Crippen molar-refractivity contribution in [1.29, 1.82) is 5.26 Å². The zero-order valence-electron chi connectivity index (χ0n) is 17.5. The highest BCUT2D eigenvalue weighted by molar-refractivity contribution is 6.30. The summed E-state index contributed by atoms with van der Waals surface area (Å²) in [4.78, 5) is 14.9. The smallest absolute Gasteiger partial charge is 0.253 e. The van der Waals surface area contributed by atoms with E-state index >= 15 is 0 Å². The molecule has 0 atom stereocenters. The monoisotopic (exact) mass is 446 g/mol. The molecule has 0 unspecified atom stereocenters. The van der Waals surface area contributed by atoms with Crippen molar-refractivity contribution in [2.75, 3.05) is 13.1 Å². The molecular formula is C26H23ClN2O3. The van der Waals surface area contributed by atoms with Crippen molar-refractivity contribution < 1.29 is 14.3 Å². The predicted molar refractivity (Wildman–Crippen MR) is 123 cm³/mol. The third-order valence-electron chi connectivity index (χ3n) is 5.41. The largest absolute Gasteiger partial charge is 0.490 e. The second kappa shape index (κ2) is 10.2. The molecule has 6 heteroatoms. The van der Waals surface area contributed by atoms with Crippen molar-refractivity contribution in [3.8, 4) is 17.6 Å². The molecule has 0 spiro atoms. The molecular weight excluding hydrogens is 424 g/mol. The van der Waals surface area contributed by atoms with Crippen LogP contribution < -0.4 is 9.47 Å². The van der Waals surface area contributed by atoms with Crippen LogP contribution in [0.3, 0.4) is 0 Å². The van der Waals surface area contributed by atoms with Crippen LogP contribution in [0, 0.1) is 11.3 Å². The Hall–Kier alpha value is -3.49. The van der Waals surface area contributed by atoms with E-state index in [1.165, 1.54) is 0 Å². The van der Waals surface area contributed by atoms with Gasteiger partial charge >= 0.3 is 0 Å². The minimum absolute atomic E-state index is 0.0233. The number of likely N-dealkylation sites (tertiary alicyclic amines) is 1. The van der Waals surface area contributed by atoms with Crippen LogP contribution >= 0.6 is 11.6 Å². The van der Waals surface area contributed by atoms with Gasteiger partial charge in [0.25, 0.3) is 5.91 Å². The molecule has 0 aliphatic carbocycles. The number of nitrogens with zero attached hydrogens (tertiary/aromatic N) is 2. The van der Waals surface area contributed by atoms with Gasteiger partial charge < -0.3 is 14.4 Å². The number of ether oxygens (including phenoxy) is 2. The summed E-state index contributed by atoms with van der Waals surface area (Å²) < 4.78 is 11.8. The molecule has 1 aliphatic heterocycles. The number of benzene rings is 3. The van der Waals surface area contributed by atoms with Gasteiger partial charge in [-0.05, 0) is 66.2 Å². The lowest BCUT2D eigenvalue weighted by atomic mass is 10.0. The Kier molecular flexibility index (Phi) is 6.94. The summed E-state index contributed by atoms with van der Waals surface area (Å²) in [5.74, 6) is 1.51. The molecule has 0 radical (unpaired) electrons. The van der Waals surface area contributed by atoms with E-state index in [0.717, 1.165) is 24.2 Å². The number of carbonyl (C=O) groups is 1. The Morgan fingerprint density at radius 1 is 1.00 bits per heavy atom. The van der Waals surface area contributed by atoms with Crippen molar-refractivity contribution in [1.82, 2.24) is 4.90 Å². The topological polar surface area (TPSA) is 62.6 Å². The molecule has 0 aromatic heterocycles. The Labute approximate surface area is 192 Å². The molecule has 1 aliphatic rings. The van der Waals surface area contributed by atoms with Gasteiger partial charge in [-0.1, -0.05) is 23.7 Å². The van der Waals surface area contributed by atoms with Gasteiger partial charge in [0, 0.05) is 36.5 Å². The van der Waals surface area contributed by atoms with E-state index in [1.54, 1.807) is 24.3 Å². The average molecular weight is 447 g/mol. The van der Waals surface area contributed by atoms with E-state index in [2.05, 4.69) is 6.07 Å². The van der Waals surface area contributed by atoms with Gasteiger partial charge in [-0.25, -0.2) is 0 Å². The Balaban J connectivity index is 1.30. The second-order valence-corrected chi connectivity index (χ2v) is 8.13. The van der Waals surface area contributed by atoms with Crippen LogP contribution in [0.1, 0.15) is 34.3 Å². The maximum atomic E-state index is 13.0. The van der Waals surface area contributed by atoms with Crippen LogP contribution in [0.15, 0.2) is 72.8 Å². The molecule has 1 fully saturated rings. The first-order valence-electron chi connectivity index (χ1n) is 10.5. The standard InChI is InChI=1S/C26H23ClN2O3/c27-22-6-10-24(11-7-22)32-25-12-14-29(15-13-25)26(30)21-3-1-2-20(16-21)18-31-23-8-4-19(17-28)5-9-23/h1-11,16,25H,12-15,18H2. The number of piperidine rings is 1. The van der Waals surface area contributed by atoms with Gasteiger partial charge in [0.15, 0.2) is 0 Å². The average Bonchev–Trinajstić information content (AvgIpc) is 2.85. The van der Waals surface area contributed by atoms with Crippen molar-refractivity contribution >= 4 is 17.5 Å². The van der Waals surface area contributed by atoms with Crippen LogP contribution in [0.5, 0.6) is 11.5 Å². The summed E-state index contributed by atoms with van der Waals surface area (Å²) in [7, 11) is 0. The number of carbonyl (C=O) groups excluding carboxylic acids is 1. The van der Waals surface area contributed by atoms with Gasteiger partial charge in [-0.3, -0.25) is 4.79 Å². The number of rotatable bonds is 6. The van der Waals surface area contributed by atoms with Crippen LogP contribution in [-0.2, 0) is 6.61 Å². The summed E-state index contributed by atoms with van der Waals surface area (Å²) in [6.07, 6.45) is 1.67. The molecule has 0 bridgehead atoms. The number of amides is 1. The number of halogens is 1. The van der Waals surface area contributed by atoms with E-state index in [1.807, 2.05) is 53.4 Å². The molecule has 3 aromatic carbocycles. The maximum absolute atomic E-state index is 13.0. The number of hydrogen-bond acceptors (Lipinski definition) is 4. The van der Waals surface area contributed by atoms with Crippen molar-refractivity contribution in [3.05, 3.63) is 94.5 Å². The number of hydrogen-bond donors (Lipinski definition) is 0. The Morgan fingerprint density at radius 3 is 2.38 bits per heavy atom. The molecule has 5 nitrogen and oxygen atoms in total. The summed E-state index contributed by atoms with van der Waals surface area (Å²) in [5.41, 5.74) is 2.16. The zero-order valence-corrected chi connectivity index (χ0v) is 18.3. The van der Waals surface area contributed by atoms with E-state index in [9.17, 15) is 4.79 Å². The molecule has 3 aromatic rings. The van der Waals surface area contributed by atoms with Crippen molar-refractivity contribution in [2.24, 2.45) is 0 Å². The highest BCUT2D eigenvalue weighted by atomic mass is 35.5. The lowest BCUT2D eigenvalue weighted by molar-refractivity contribution is 0.0595. The van der Waals surface area contributed by atoms with E-state index in [-0.39, 0.29) is 12.0 Å².